The van der Waals surface area contributed by atoms with Crippen LogP contribution in [0.2, 0.25) is 0 Å². The van der Waals surface area contributed by atoms with E-state index in [0.717, 1.165) is 17.0 Å². The first kappa shape index (κ1) is 9.30. The Hall–Kier alpha value is -1.26. The number of rotatable bonds is 2. The zero-order valence-corrected chi connectivity index (χ0v) is 8.71. The molecule has 0 atom stereocenters. The molecule has 0 aliphatic heterocycles. The van der Waals surface area contributed by atoms with Gasteiger partial charge in [0.15, 0.2) is 5.82 Å². The van der Waals surface area contributed by atoms with Gasteiger partial charge in [0.25, 0.3) is 0 Å². The highest BCUT2D eigenvalue weighted by atomic mass is 32.1. The van der Waals surface area contributed by atoms with Crippen molar-refractivity contribution < 1.29 is 0 Å². The van der Waals surface area contributed by atoms with Crippen molar-refractivity contribution >= 4 is 11.3 Å². The molecule has 2 heterocycles. The predicted octanol–water partition coefficient (Wildman–Crippen LogP) is 1.97. The second-order valence-electron chi connectivity index (χ2n) is 3.07. The van der Waals surface area contributed by atoms with Gasteiger partial charge in [-0.15, -0.1) is 11.3 Å². The van der Waals surface area contributed by atoms with Gasteiger partial charge >= 0.3 is 0 Å². The summed E-state index contributed by atoms with van der Waals surface area (Å²) in [6.45, 7) is 2.56. The summed E-state index contributed by atoms with van der Waals surface area (Å²) in [5.41, 5.74) is 7.50. The average molecular weight is 205 g/mol. The Bertz CT molecular complexity index is 419. The van der Waals surface area contributed by atoms with Crippen LogP contribution in [0.3, 0.4) is 0 Å². The van der Waals surface area contributed by atoms with E-state index in [1.54, 1.807) is 23.7 Å². The Morgan fingerprint density at radius 2 is 2.07 bits per heavy atom. The summed E-state index contributed by atoms with van der Waals surface area (Å²) in [6, 6.07) is 2.09. The molecule has 2 aromatic rings. The van der Waals surface area contributed by atoms with Crippen molar-refractivity contribution in [1.82, 2.24) is 9.97 Å². The van der Waals surface area contributed by atoms with Gasteiger partial charge in [-0.1, -0.05) is 0 Å². The quantitative estimate of drug-likeness (QED) is 0.815. The van der Waals surface area contributed by atoms with Crippen molar-refractivity contribution in [1.29, 1.82) is 0 Å². The fourth-order valence-electron chi connectivity index (χ4n) is 1.17. The molecule has 14 heavy (non-hydrogen) atoms. The number of nitrogens with two attached hydrogens (primary N) is 1. The lowest BCUT2D eigenvalue weighted by Gasteiger charge is -1.97. The SMILES string of the molecule is Cc1cc(-c2ncc(CN)cn2)cs1. The highest BCUT2D eigenvalue weighted by Gasteiger charge is 2.02. The molecule has 3 nitrogen and oxygen atoms in total. The minimum absolute atomic E-state index is 0.489. The van der Waals surface area contributed by atoms with Gasteiger partial charge in [-0.05, 0) is 13.0 Å². The van der Waals surface area contributed by atoms with Gasteiger partial charge in [0.1, 0.15) is 0 Å². The van der Waals surface area contributed by atoms with E-state index >= 15 is 0 Å². The van der Waals surface area contributed by atoms with Gasteiger partial charge < -0.3 is 5.73 Å². The summed E-state index contributed by atoms with van der Waals surface area (Å²) in [6.07, 6.45) is 3.55. The summed E-state index contributed by atoms with van der Waals surface area (Å²) in [4.78, 5) is 9.77. The van der Waals surface area contributed by atoms with Crippen LogP contribution < -0.4 is 5.73 Å². The molecule has 4 heteroatoms. The first-order valence-electron chi connectivity index (χ1n) is 4.36. The summed E-state index contributed by atoms with van der Waals surface area (Å²) in [5, 5.41) is 2.06. The molecular formula is C10H11N3S. The fourth-order valence-corrected chi connectivity index (χ4v) is 1.85. The minimum atomic E-state index is 0.489. The van der Waals surface area contributed by atoms with Crippen molar-refractivity contribution in [3.63, 3.8) is 0 Å². The molecule has 0 radical (unpaired) electrons. The van der Waals surface area contributed by atoms with E-state index in [1.807, 2.05) is 0 Å². The lowest BCUT2D eigenvalue weighted by atomic mass is 10.3. The molecule has 0 bridgehead atoms. The molecule has 0 saturated heterocycles. The fraction of sp³-hybridized carbons (Fsp3) is 0.200. The van der Waals surface area contributed by atoms with Crippen molar-refractivity contribution in [2.75, 3.05) is 0 Å². The molecule has 0 amide bonds. The molecule has 2 rings (SSSR count). The molecule has 72 valence electrons. The van der Waals surface area contributed by atoms with Gasteiger partial charge in [0, 0.05) is 40.3 Å². The maximum absolute atomic E-state index is 5.46. The monoisotopic (exact) mass is 205 g/mol. The summed E-state index contributed by atoms with van der Waals surface area (Å²) in [7, 11) is 0. The Morgan fingerprint density at radius 3 is 2.57 bits per heavy atom. The summed E-state index contributed by atoms with van der Waals surface area (Å²) in [5.74, 6) is 0.770. The van der Waals surface area contributed by atoms with Crippen molar-refractivity contribution in [3.8, 4) is 11.4 Å². The normalized spacial score (nSPS) is 10.4. The van der Waals surface area contributed by atoms with E-state index in [0.29, 0.717) is 6.54 Å². The van der Waals surface area contributed by atoms with Gasteiger partial charge in [0.2, 0.25) is 0 Å². The number of hydrogen-bond acceptors (Lipinski definition) is 4. The predicted molar refractivity (Wildman–Crippen MR) is 58.0 cm³/mol. The molecule has 0 unspecified atom stereocenters. The summed E-state index contributed by atoms with van der Waals surface area (Å²) < 4.78 is 0. The third-order valence-electron chi connectivity index (χ3n) is 1.93. The number of aromatic nitrogens is 2. The molecule has 2 N–H and O–H groups in total. The Balaban J connectivity index is 2.33. The van der Waals surface area contributed by atoms with Crippen LogP contribution in [0.1, 0.15) is 10.4 Å². The van der Waals surface area contributed by atoms with Crippen molar-refractivity contribution in [2.45, 2.75) is 13.5 Å². The lowest BCUT2D eigenvalue weighted by molar-refractivity contribution is 1.01. The standard InChI is InChI=1S/C10H11N3S/c1-7-2-9(6-14-7)10-12-4-8(3-11)5-13-10/h2,4-6H,3,11H2,1H3. The second-order valence-corrected chi connectivity index (χ2v) is 4.18. The smallest absolute Gasteiger partial charge is 0.159 e. The van der Waals surface area contributed by atoms with Gasteiger partial charge in [-0.25, -0.2) is 9.97 Å². The topological polar surface area (TPSA) is 51.8 Å². The summed E-state index contributed by atoms with van der Waals surface area (Å²) >= 11 is 1.70. The van der Waals surface area contributed by atoms with E-state index in [1.165, 1.54) is 4.88 Å². The van der Waals surface area contributed by atoms with E-state index < -0.39 is 0 Å². The lowest BCUT2D eigenvalue weighted by Crippen LogP contribution is -1.98. The van der Waals surface area contributed by atoms with E-state index in [4.69, 9.17) is 5.73 Å². The Morgan fingerprint density at radius 1 is 1.36 bits per heavy atom. The van der Waals surface area contributed by atoms with Crippen LogP contribution in [0.15, 0.2) is 23.8 Å². The first-order valence-corrected chi connectivity index (χ1v) is 5.24. The number of hydrogen-bond donors (Lipinski definition) is 1. The van der Waals surface area contributed by atoms with Crippen molar-refractivity contribution in [2.24, 2.45) is 5.73 Å². The number of thiophene rings is 1. The zero-order chi connectivity index (χ0) is 9.97. The molecule has 0 aliphatic carbocycles. The molecular weight excluding hydrogens is 194 g/mol. The van der Waals surface area contributed by atoms with Crippen LogP contribution >= 0.6 is 11.3 Å². The van der Waals surface area contributed by atoms with Crippen LogP contribution in [0, 0.1) is 6.92 Å². The van der Waals surface area contributed by atoms with Gasteiger partial charge in [-0.3, -0.25) is 0 Å². The third kappa shape index (κ3) is 1.81. The molecule has 0 aliphatic rings. The van der Waals surface area contributed by atoms with Crippen molar-refractivity contribution in [3.05, 3.63) is 34.3 Å². The van der Waals surface area contributed by atoms with Gasteiger partial charge in [0.05, 0.1) is 0 Å². The second kappa shape index (κ2) is 3.86. The van der Waals surface area contributed by atoms with Crippen LogP contribution in [0.4, 0.5) is 0 Å². The van der Waals surface area contributed by atoms with E-state index in [2.05, 4.69) is 28.3 Å². The van der Waals surface area contributed by atoms with Crippen LogP contribution in [0.5, 0.6) is 0 Å². The number of aryl methyl sites for hydroxylation is 1. The molecule has 0 spiro atoms. The highest BCUT2D eigenvalue weighted by molar-refractivity contribution is 7.10. The average Bonchev–Trinajstić information content (AvgIpc) is 2.65. The van der Waals surface area contributed by atoms with Crippen LogP contribution in [-0.4, -0.2) is 9.97 Å². The van der Waals surface area contributed by atoms with Gasteiger partial charge in [-0.2, -0.15) is 0 Å². The van der Waals surface area contributed by atoms with E-state index in [-0.39, 0.29) is 0 Å². The Kier molecular flexibility index (Phi) is 2.56. The molecule has 0 aromatic carbocycles. The molecule has 2 aromatic heterocycles. The largest absolute Gasteiger partial charge is 0.326 e. The maximum Gasteiger partial charge on any atom is 0.159 e. The Labute approximate surface area is 86.6 Å². The maximum atomic E-state index is 5.46. The zero-order valence-electron chi connectivity index (χ0n) is 7.90. The van der Waals surface area contributed by atoms with Crippen LogP contribution in [0.25, 0.3) is 11.4 Å². The van der Waals surface area contributed by atoms with E-state index in [9.17, 15) is 0 Å². The number of nitrogens with zero attached hydrogens (tertiary/aromatic N) is 2. The first-order chi connectivity index (χ1) is 6.79. The van der Waals surface area contributed by atoms with Crippen LogP contribution in [-0.2, 0) is 6.54 Å². The highest BCUT2D eigenvalue weighted by Crippen LogP contribution is 2.21. The third-order valence-corrected chi connectivity index (χ3v) is 2.79. The molecule has 0 saturated carbocycles. The molecule has 0 fully saturated rings. The minimum Gasteiger partial charge on any atom is -0.326 e.